The van der Waals surface area contributed by atoms with E-state index in [1.54, 1.807) is 27.9 Å². The van der Waals surface area contributed by atoms with Crippen molar-refractivity contribution in [1.82, 2.24) is 14.7 Å². The lowest BCUT2D eigenvalue weighted by atomic mass is 9.93. The minimum absolute atomic E-state index is 0.0796. The first-order valence-corrected chi connectivity index (χ1v) is 8.83. The molecule has 0 spiro atoms. The maximum absolute atomic E-state index is 13.1. The van der Waals surface area contributed by atoms with Gasteiger partial charge in [0.2, 0.25) is 0 Å². The Morgan fingerprint density at radius 1 is 1.23 bits per heavy atom. The van der Waals surface area contributed by atoms with Gasteiger partial charge in [0.15, 0.2) is 0 Å². The molecule has 1 saturated heterocycles. The summed E-state index contributed by atoms with van der Waals surface area (Å²) in [6.45, 7) is 3.07. The quantitative estimate of drug-likeness (QED) is 0.891. The number of halogens is 1. The standard InChI is InChI=1S/C19H22FN3O3/c1-2-17-16(12-21-23(17)15-5-3-14(20)4-6-15)19(26)22-9-7-13(8-10-22)11-18(24)25/h3-6,12-13H,2,7-11H2,1H3,(H,24,25). The topological polar surface area (TPSA) is 75.4 Å². The highest BCUT2D eigenvalue weighted by atomic mass is 19.1. The van der Waals surface area contributed by atoms with Crippen molar-refractivity contribution in [3.05, 3.63) is 47.5 Å². The van der Waals surface area contributed by atoms with Gasteiger partial charge in [-0.2, -0.15) is 5.10 Å². The fourth-order valence-corrected chi connectivity index (χ4v) is 3.45. The molecule has 0 bridgehead atoms. The first-order chi connectivity index (χ1) is 12.5. The Morgan fingerprint density at radius 2 is 1.88 bits per heavy atom. The average molecular weight is 359 g/mol. The van der Waals surface area contributed by atoms with Gasteiger partial charge in [-0.3, -0.25) is 9.59 Å². The van der Waals surface area contributed by atoms with Crippen LogP contribution >= 0.6 is 0 Å². The molecule has 6 nitrogen and oxygen atoms in total. The Labute approximate surface area is 151 Å². The van der Waals surface area contributed by atoms with E-state index in [-0.39, 0.29) is 24.1 Å². The van der Waals surface area contributed by atoms with Crippen LogP contribution in [0, 0.1) is 11.7 Å². The number of likely N-dealkylation sites (tertiary alicyclic amines) is 1. The summed E-state index contributed by atoms with van der Waals surface area (Å²) in [5, 5.41) is 13.2. The van der Waals surface area contributed by atoms with Crippen molar-refractivity contribution >= 4 is 11.9 Å². The molecule has 0 aliphatic carbocycles. The first-order valence-electron chi connectivity index (χ1n) is 8.83. The predicted octanol–water partition coefficient (Wildman–Crippen LogP) is 2.90. The Balaban J connectivity index is 1.76. The molecule has 2 heterocycles. The molecule has 0 atom stereocenters. The molecule has 1 N–H and O–H groups in total. The number of amides is 1. The normalized spacial score (nSPS) is 15.2. The monoisotopic (exact) mass is 359 g/mol. The molecule has 0 radical (unpaired) electrons. The first kappa shape index (κ1) is 18.1. The molecule has 2 aromatic rings. The van der Waals surface area contributed by atoms with Gasteiger partial charge in [0, 0.05) is 19.5 Å². The van der Waals surface area contributed by atoms with E-state index in [4.69, 9.17) is 5.11 Å². The van der Waals surface area contributed by atoms with Crippen LogP contribution in [0.25, 0.3) is 5.69 Å². The third-order valence-corrected chi connectivity index (χ3v) is 4.87. The second-order valence-electron chi connectivity index (χ2n) is 6.58. The molecule has 1 amide bonds. The van der Waals surface area contributed by atoms with Crippen LogP contribution in [0.1, 0.15) is 42.2 Å². The van der Waals surface area contributed by atoms with Gasteiger partial charge < -0.3 is 10.0 Å². The van der Waals surface area contributed by atoms with Crippen LogP contribution in [0.3, 0.4) is 0 Å². The summed E-state index contributed by atoms with van der Waals surface area (Å²) in [5.41, 5.74) is 2.05. The molecular formula is C19H22FN3O3. The summed E-state index contributed by atoms with van der Waals surface area (Å²) in [7, 11) is 0. The van der Waals surface area contributed by atoms with E-state index in [0.717, 1.165) is 5.69 Å². The fourth-order valence-electron chi connectivity index (χ4n) is 3.45. The van der Waals surface area contributed by atoms with Crippen molar-refractivity contribution in [2.75, 3.05) is 13.1 Å². The van der Waals surface area contributed by atoms with Crippen LogP contribution in [0.5, 0.6) is 0 Å². The zero-order valence-electron chi connectivity index (χ0n) is 14.7. The Bertz CT molecular complexity index is 793. The van der Waals surface area contributed by atoms with Gasteiger partial charge in [-0.15, -0.1) is 0 Å². The molecule has 3 rings (SSSR count). The second kappa shape index (κ2) is 7.68. The average Bonchev–Trinajstić information content (AvgIpc) is 3.06. The number of aliphatic carboxylic acids is 1. The molecular weight excluding hydrogens is 337 g/mol. The highest BCUT2D eigenvalue weighted by molar-refractivity contribution is 5.95. The lowest BCUT2D eigenvalue weighted by molar-refractivity contribution is -0.138. The highest BCUT2D eigenvalue weighted by Crippen LogP contribution is 2.24. The van der Waals surface area contributed by atoms with Crippen LogP contribution in [0.15, 0.2) is 30.5 Å². The Morgan fingerprint density at radius 3 is 2.46 bits per heavy atom. The van der Waals surface area contributed by atoms with Crippen LogP contribution in [0.4, 0.5) is 4.39 Å². The van der Waals surface area contributed by atoms with E-state index in [0.29, 0.717) is 43.6 Å². The zero-order valence-corrected chi connectivity index (χ0v) is 14.7. The molecule has 1 aliphatic rings. The number of benzene rings is 1. The molecule has 0 saturated carbocycles. The SMILES string of the molecule is CCc1c(C(=O)N2CCC(CC(=O)O)CC2)cnn1-c1ccc(F)cc1. The van der Waals surface area contributed by atoms with E-state index in [2.05, 4.69) is 5.10 Å². The van der Waals surface area contributed by atoms with Crippen molar-refractivity contribution in [1.29, 1.82) is 0 Å². The zero-order chi connectivity index (χ0) is 18.7. The van der Waals surface area contributed by atoms with Crippen molar-refractivity contribution in [2.24, 2.45) is 5.92 Å². The lowest BCUT2D eigenvalue weighted by Crippen LogP contribution is -2.39. The Kier molecular flexibility index (Phi) is 5.35. The number of aromatic nitrogens is 2. The van der Waals surface area contributed by atoms with Gasteiger partial charge >= 0.3 is 5.97 Å². The molecule has 26 heavy (non-hydrogen) atoms. The number of carboxylic acids is 1. The van der Waals surface area contributed by atoms with Crippen LogP contribution in [-0.4, -0.2) is 44.8 Å². The summed E-state index contributed by atoms with van der Waals surface area (Å²) < 4.78 is 14.8. The number of carboxylic acid groups (broad SMARTS) is 1. The minimum Gasteiger partial charge on any atom is -0.481 e. The van der Waals surface area contributed by atoms with E-state index in [1.807, 2.05) is 6.92 Å². The number of carbonyl (C=O) groups is 2. The number of rotatable bonds is 5. The number of nitrogens with zero attached hydrogens (tertiary/aromatic N) is 3. The molecule has 1 aromatic heterocycles. The molecule has 138 valence electrons. The van der Waals surface area contributed by atoms with E-state index in [1.165, 1.54) is 12.1 Å². The molecule has 1 aliphatic heterocycles. The van der Waals surface area contributed by atoms with E-state index in [9.17, 15) is 14.0 Å². The Hall–Kier alpha value is -2.70. The third-order valence-electron chi connectivity index (χ3n) is 4.87. The smallest absolute Gasteiger partial charge is 0.303 e. The van der Waals surface area contributed by atoms with Crippen LogP contribution in [0.2, 0.25) is 0 Å². The second-order valence-corrected chi connectivity index (χ2v) is 6.58. The van der Waals surface area contributed by atoms with Gasteiger partial charge in [-0.25, -0.2) is 9.07 Å². The van der Waals surface area contributed by atoms with E-state index < -0.39 is 5.97 Å². The fraction of sp³-hybridized carbons (Fsp3) is 0.421. The summed E-state index contributed by atoms with van der Waals surface area (Å²) in [6.07, 6.45) is 3.74. The highest BCUT2D eigenvalue weighted by Gasteiger charge is 2.27. The van der Waals surface area contributed by atoms with Crippen molar-refractivity contribution < 1.29 is 19.1 Å². The molecule has 1 aromatic carbocycles. The molecule has 7 heteroatoms. The predicted molar refractivity (Wildman–Crippen MR) is 93.8 cm³/mol. The third kappa shape index (κ3) is 3.76. The van der Waals surface area contributed by atoms with Gasteiger partial charge in [-0.1, -0.05) is 6.92 Å². The summed E-state index contributed by atoms with van der Waals surface area (Å²) in [4.78, 5) is 25.5. The summed E-state index contributed by atoms with van der Waals surface area (Å²) >= 11 is 0. The summed E-state index contributed by atoms with van der Waals surface area (Å²) in [5.74, 6) is -1.06. The number of piperidine rings is 1. The van der Waals surface area contributed by atoms with Crippen LogP contribution in [-0.2, 0) is 11.2 Å². The van der Waals surface area contributed by atoms with Crippen LogP contribution < -0.4 is 0 Å². The van der Waals surface area contributed by atoms with Crippen molar-refractivity contribution in [2.45, 2.75) is 32.6 Å². The largest absolute Gasteiger partial charge is 0.481 e. The van der Waals surface area contributed by atoms with Crippen molar-refractivity contribution in [3.63, 3.8) is 0 Å². The van der Waals surface area contributed by atoms with Gasteiger partial charge in [-0.05, 0) is 49.4 Å². The number of hydrogen-bond donors (Lipinski definition) is 1. The maximum Gasteiger partial charge on any atom is 0.303 e. The van der Waals surface area contributed by atoms with E-state index >= 15 is 0 Å². The summed E-state index contributed by atoms with van der Waals surface area (Å²) in [6, 6.07) is 6.00. The maximum atomic E-state index is 13.1. The molecule has 1 fully saturated rings. The van der Waals surface area contributed by atoms with Gasteiger partial charge in [0.1, 0.15) is 5.82 Å². The number of carbonyl (C=O) groups excluding carboxylic acids is 1. The van der Waals surface area contributed by atoms with Gasteiger partial charge in [0.25, 0.3) is 5.91 Å². The lowest BCUT2D eigenvalue weighted by Gasteiger charge is -2.31. The van der Waals surface area contributed by atoms with Crippen molar-refractivity contribution in [3.8, 4) is 5.69 Å². The van der Waals surface area contributed by atoms with Gasteiger partial charge in [0.05, 0.1) is 23.1 Å². The molecule has 0 unspecified atom stereocenters. The minimum atomic E-state index is -0.788. The number of hydrogen-bond acceptors (Lipinski definition) is 3.